The smallest absolute Gasteiger partial charge is 0.412 e. The van der Waals surface area contributed by atoms with E-state index in [9.17, 15) is 4.79 Å². The van der Waals surface area contributed by atoms with Crippen LogP contribution in [0.3, 0.4) is 0 Å². The lowest BCUT2D eigenvalue weighted by Gasteiger charge is -2.26. The number of benzene rings is 1. The zero-order valence-electron chi connectivity index (χ0n) is 12.7. The van der Waals surface area contributed by atoms with E-state index in [0.717, 1.165) is 35.1 Å². The first-order valence-electron chi connectivity index (χ1n) is 6.83. The van der Waals surface area contributed by atoms with Gasteiger partial charge in [0, 0.05) is 23.7 Å². The number of halogens is 2. The molecule has 0 heterocycles. The van der Waals surface area contributed by atoms with Crippen LogP contribution in [-0.4, -0.2) is 35.4 Å². The van der Waals surface area contributed by atoms with Gasteiger partial charge in [-0.25, -0.2) is 4.79 Å². The Balaban J connectivity index is 2.90. The van der Waals surface area contributed by atoms with Crippen LogP contribution in [-0.2, 0) is 4.74 Å². The molecule has 1 N–H and O–H groups in total. The Kier molecular flexibility index (Phi) is 7.52. The molecular formula is C15H22Br2N2O2. The fourth-order valence-electron chi connectivity index (χ4n) is 1.83. The summed E-state index contributed by atoms with van der Waals surface area (Å²) in [4.78, 5) is 14.2. The minimum atomic E-state index is -0.509. The summed E-state index contributed by atoms with van der Waals surface area (Å²) in [5.41, 5.74) is 1.24. The van der Waals surface area contributed by atoms with Crippen molar-refractivity contribution in [3.8, 4) is 0 Å². The molecule has 0 aromatic heterocycles. The SMILES string of the molecule is CC(C)(C)OC(=O)Nc1ccccc1N(CCBr)CCBr. The summed E-state index contributed by atoms with van der Waals surface area (Å²) in [5.74, 6) is 0. The summed E-state index contributed by atoms with van der Waals surface area (Å²) in [5, 5.41) is 4.55. The van der Waals surface area contributed by atoms with Gasteiger partial charge < -0.3 is 9.64 Å². The topological polar surface area (TPSA) is 41.6 Å². The van der Waals surface area contributed by atoms with Gasteiger partial charge in [0.1, 0.15) is 5.60 Å². The van der Waals surface area contributed by atoms with Crippen LogP contribution < -0.4 is 10.2 Å². The lowest BCUT2D eigenvalue weighted by molar-refractivity contribution is 0.0636. The van der Waals surface area contributed by atoms with Gasteiger partial charge in [-0.2, -0.15) is 0 Å². The molecule has 6 heteroatoms. The van der Waals surface area contributed by atoms with Crippen molar-refractivity contribution in [1.29, 1.82) is 0 Å². The Morgan fingerprint density at radius 2 is 1.76 bits per heavy atom. The molecule has 0 radical (unpaired) electrons. The Morgan fingerprint density at radius 1 is 1.19 bits per heavy atom. The lowest BCUT2D eigenvalue weighted by Crippen LogP contribution is -2.30. The standard InChI is InChI=1S/C15H22Br2N2O2/c1-15(2,3)21-14(20)18-12-6-4-5-7-13(12)19(10-8-16)11-9-17/h4-7H,8-11H2,1-3H3,(H,18,20). The second-order valence-corrected chi connectivity index (χ2v) is 7.10. The largest absolute Gasteiger partial charge is 0.444 e. The van der Waals surface area contributed by atoms with Gasteiger partial charge in [0.25, 0.3) is 0 Å². The van der Waals surface area contributed by atoms with E-state index in [1.54, 1.807) is 0 Å². The zero-order chi connectivity index (χ0) is 15.9. The van der Waals surface area contributed by atoms with Crippen LogP contribution in [0.5, 0.6) is 0 Å². The van der Waals surface area contributed by atoms with Gasteiger partial charge >= 0.3 is 6.09 Å². The van der Waals surface area contributed by atoms with Gasteiger partial charge in [0.15, 0.2) is 0 Å². The molecule has 0 aliphatic carbocycles. The summed E-state index contributed by atoms with van der Waals surface area (Å²) >= 11 is 6.93. The summed E-state index contributed by atoms with van der Waals surface area (Å²) in [7, 11) is 0. The number of anilines is 2. The maximum atomic E-state index is 11.9. The van der Waals surface area contributed by atoms with Crippen molar-refractivity contribution in [1.82, 2.24) is 0 Å². The highest BCUT2D eigenvalue weighted by Crippen LogP contribution is 2.26. The molecule has 4 nitrogen and oxygen atoms in total. The van der Waals surface area contributed by atoms with Crippen molar-refractivity contribution in [2.45, 2.75) is 26.4 Å². The highest BCUT2D eigenvalue weighted by molar-refractivity contribution is 9.09. The normalized spacial score (nSPS) is 11.1. The molecule has 0 atom stereocenters. The zero-order valence-corrected chi connectivity index (χ0v) is 15.8. The summed E-state index contributed by atoms with van der Waals surface area (Å²) in [6, 6.07) is 7.74. The van der Waals surface area contributed by atoms with E-state index >= 15 is 0 Å². The average molecular weight is 422 g/mol. The number of amides is 1. The van der Waals surface area contributed by atoms with Crippen molar-refractivity contribution < 1.29 is 9.53 Å². The molecule has 1 aromatic rings. The molecule has 21 heavy (non-hydrogen) atoms. The van der Waals surface area contributed by atoms with Crippen LogP contribution in [0, 0.1) is 0 Å². The number of hydrogen-bond acceptors (Lipinski definition) is 3. The van der Waals surface area contributed by atoms with E-state index in [1.165, 1.54) is 0 Å². The molecule has 0 aliphatic heterocycles. The number of carbonyl (C=O) groups excluding carboxylic acids is 1. The quantitative estimate of drug-likeness (QED) is 0.680. The van der Waals surface area contributed by atoms with Gasteiger partial charge in [-0.05, 0) is 32.9 Å². The van der Waals surface area contributed by atoms with Gasteiger partial charge in [-0.15, -0.1) is 0 Å². The van der Waals surface area contributed by atoms with Crippen LogP contribution >= 0.6 is 31.9 Å². The molecule has 0 fully saturated rings. The summed E-state index contributed by atoms with van der Waals surface area (Å²) < 4.78 is 5.31. The Morgan fingerprint density at radius 3 is 2.29 bits per heavy atom. The van der Waals surface area contributed by atoms with Crippen LogP contribution in [0.15, 0.2) is 24.3 Å². The minimum Gasteiger partial charge on any atom is -0.444 e. The van der Waals surface area contributed by atoms with E-state index in [0.29, 0.717) is 0 Å². The second-order valence-electron chi connectivity index (χ2n) is 5.51. The number of alkyl halides is 2. The second kappa shape index (κ2) is 8.63. The fourth-order valence-corrected chi connectivity index (χ4v) is 2.68. The molecule has 118 valence electrons. The van der Waals surface area contributed by atoms with Crippen molar-refractivity contribution in [3.63, 3.8) is 0 Å². The van der Waals surface area contributed by atoms with E-state index in [-0.39, 0.29) is 0 Å². The molecule has 0 spiro atoms. The molecule has 1 aromatic carbocycles. The first kappa shape index (κ1) is 18.3. The number of ether oxygens (including phenoxy) is 1. The van der Waals surface area contributed by atoms with Crippen molar-refractivity contribution in [2.24, 2.45) is 0 Å². The first-order chi connectivity index (χ1) is 9.87. The Hall–Kier alpha value is -0.750. The molecule has 0 saturated carbocycles. The van der Waals surface area contributed by atoms with Crippen LogP contribution in [0.1, 0.15) is 20.8 Å². The molecule has 0 unspecified atom stereocenters. The minimum absolute atomic E-state index is 0.437. The predicted octanol–water partition coefficient (Wildman–Crippen LogP) is 4.63. The van der Waals surface area contributed by atoms with Gasteiger partial charge in [0.05, 0.1) is 11.4 Å². The Bertz CT molecular complexity index is 455. The highest BCUT2D eigenvalue weighted by Gasteiger charge is 2.18. The monoisotopic (exact) mass is 420 g/mol. The summed E-state index contributed by atoms with van der Waals surface area (Å²) in [6.07, 6.45) is -0.437. The lowest BCUT2D eigenvalue weighted by atomic mass is 10.2. The van der Waals surface area contributed by atoms with E-state index < -0.39 is 11.7 Å². The van der Waals surface area contributed by atoms with Crippen LogP contribution in [0.4, 0.5) is 16.2 Å². The predicted molar refractivity (Wildman–Crippen MR) is 96.1 cm³/mol. The first-order valence-corrected chi connectivity index (χ1v) is 9.07. The number of carbonyl (C=O) groups is 1. The Labute approximate surface area is 143 Å². The summed E-state index contributed by atoms with van der Waals surface area (Å²) in [6.45, 7) is 7.26. The molecule has 0 aliphatic rings. The van der Waals surface area contributed by atoms with Gasteiger partial charge in [0.2, 0.25) is 0 Å². The molecule has 0 saturated heterocycles. The van der Waals surface area contributed by atoms with Crippen LogP contribution in [0.25, 0.3) is 0 Å². The number of hydrogen-bond donors (Lipinski definition) is 1. The molecular weight excluding hydrogens is 400 g/mol. The van der Waals surface area contributed by atoms with Crippen molar-refractivity contribution in [3.05, 3.63) is 24.3 Å². The maximum absolute atomic E-state index is 11.9. The van der Waals surface area contributed by atoms with Crippen LogP contribution in [0.2, 0.25) is 0 Å². The van der Waals surface area contributed by atoms with Crippen molar-refractivity contribution in [2.75, 3.05) is 34.0 Å². The number of para-hydroxylation sites is 2. The fraction of sp³-hybridized carbons (Fsp3) is 0.533. The average Bonchev–Trinajstić information content (AvgIpc) is 2.37. The number of nitrogens with zero attached hydrogens (tertiary/aromatic N) is 1. The highest BCUT2D eigenvalue weighted by atomic mass is 79.9. The van der Waals surface area contributed by atoms with Gasteiger partial charge in [-0.3, -0.25) is 5.32 Å². The molecule has 1 rings (SSSR count). The third kappa shape index (κ3) is 6.70. The third-order valence-corrected chi connectivity index (χ3v) is 3.30. The maximum Gasteiger partial charge on any atom is 0.412 e. The van der Waals surface area contributed by atoms with Gasteiger partial charge in [-0.1, -0.05) is 44.0 Å². The van der Waals surface area contributed by atoms with E-state index in [1.807, 2.05) is 45.0 Å². The molecule has 1 amide bonds. The van der Waals surface area contributed by atoms with E-state index in [2.05, 4.69) is 42.1 Å². The van der Waals surface area contributed by atoms with E-state index in [4.69, 9.17) is 4.74 Å². The van der Waals surface area contributed by atoms with Crippen molar-refractivity contribution >= 4 is 49.3 Å². The molecule has 0 bridgehead atoms. The number of nitrogens with one attached hydrogen (secondary N) is 1. The third-order valence-electron chi connectivity index (χ3n) is 2.59. The number of rotatable bonds is 6.